The summed E-state index contributed by atoms with van der Waals surface area (Å²) in [6.45, 7) is 0.531. The summed E-state index contributed by atoms with van der Waals surface area (Å²) in [4.78, 5) is 11.5. The Balaban J connectivity index is 1.50. The molecule has 0 amide bonds. The first-order valence-electron chi connectivity index (χ1n) is 8.31. The quantitative estimate of drug-likeness (QED) is 0.915. The molecule has 0 aliphatic heterocycles. The Labute approximate surface area is 135 Å². The molecule has 0 saturated heterocycles. The zero-order valence-electron chi connectivity index (χ0n) is 13.0. The molecule has 2 aromatic rings. The minimum absolute atomic E-state index is 0.335. The molecule has 4 heteroatoms. The van der Waals surface area contributed by atoms with Gasteiger partial charge in [0.05, 0.1) is 6.54 Å². The van der Waals surface area contributed by atoms with E-state index in [1.807, 2.05) is 0 Å². The van der Waals surface area contributed by atoms with Gasteiger partial charge in [-0.25, -0.2) is 0 Å². The summed E-state index contributed by atoms with van der Waals surface area (Å²) in [6, 6.07) is 10.6. The van der Waals surface area contributed by atoms with Gasteiger partial charge in [-0.1, -0.05) is 24.3 Å². The molecule has 0 unspecified atom stereocenters. The molecule has 23 heavy (non-hydrogen) atoms. The van der Waals surface area contributed by atoms with Gasteiger partial charge in [-0.05, 0) is 48.6 Å². The molecule has 4 rings (SSSR count). The van der Waals surface area contributed by atoms with E-state index in [1.165, 1.54) is 30.0 Å². The van der Waals surface area contributed by atoms with Crippen LogP contribution in [0, 0.1) is 11.8 Å². The maximum atomic E-state index is 11.5. The molecule has 0 spiro atoms. The highest BCUT2D eigenvalue weighted by atomic mass is 16.4. The highest BCUT2D eigenvalue weighted by Crippen LogP contribution is 2.40. The molecule has 1 fully saturated rings. The third kappa shape index (κ3) is 2.79. The molecule has 2 N–H and O–H groups in total. The van der Waals surface area contributed by atoms with Crippen molar-refractivity contribution in [3.05, 3.63) is 63.7 Å². The first-order chi connectivity index (χ1) is 11.2. The van der Waals surface area contributed by atoms with E-state index in [0.717, 1.165) is 19.1 Å². The highest BCUT2D eigenvalue weighted by Gasteiger charge is 2.38. The number of fused-ring (bicyclic) bond motifs is 3. The Hall–Kier alpha value is -2.07. The lowest BCUT2D eigenvalue weighted by molar-refractivity contribution is 0.322. The number of hydrogen-bond donors (Lipinski definition) is 2. The second kappa shape index (κ2) is 5.85. The molecule has 1 aromatic carbocycles. The van der Waals surface area contributed by atoms with E-state index in [4.69, 9.17) is 4.42 Å². The van der Waals surface area contributed by atoms with E-state index < -0.39 is 0 Å². The van der Waals surface area contributed by atoms with Gasteiger partial charge in [0.2, 0.25) is 5.43 Å². The van der Waals surface area contributed by atoms with Crippen LogP contribution in [0.25, 0.3) is 0 Å². The number of rotatable bonds is 3. The van der Waals surface area contributed by atoms with E-state index in [0.29, 0.717) is 30.2 Å². The van der Waals surface area contributed by atoms with Crippen LogP contribution in [0.4, 0.5) is 0 Å². The number of hydrogen-bond acceptors (Lipinski definition) is 4. The fourth-order valence-corrected chi connectivity index (χ4v) is 4.24. The lowest BCUT2D eigenvalue weighted by Crippen LogP contribution is -2.37. The zero-order chi connectivity index (χ0) is 15.8. The third-order valence-electron chi connectivity index (χ3n) is 5.39. The van der Waals surface area contributed by atoms with E-state index in [9.17, 15) is 9.90 Å². The molecular weight excluding hydrogens is 290 g/mol. The zero-order valence-corrected chi connectivity index (χ0v) is 13.0. The maximum absolute atomic E-state index is 11.5. The average molecular weight is 311 g/mol. The van der Waals surface area contributed by atoms with E-state index in [1.54, 1.807) is 0 Å². The number of nitrogens with one attached hydrogen (secondary N) is 1. The first kappa shape index (κ1) is 14.5. The summed E-state index contributed by atoms with van der Waals surface area (Å²) in [5.41, 5.74) is 2.59. The van der Waals surface area contributed by atoms with Crippen molar-refractivity contribution in [1.82, 2.24) is 5.32 Å². The molecule has 2 atom stereocenters. The van der Waals surface area contributed by atoms with Crippen molar-refractivity contribution in [1.29, 1.82) is 0 Å². The van der Waals surface area contributed by atoms with Crippen molar-refractivity contribution in [3.8, 4) is 5.75 Å². The van der Waals surface area contributed by atoms with Crippen LogP contribution in [-0.4, -0.2) is 11.1 Å². The van der Waals surface area contributed by atoms with Crippen LogP contribution >= 0.6 is 0 Å². The van der Waals surface area contributed by atoms with Crippen LogP contribution in [0.15, 0.2) is 45.8 Å². The molecule has 1 heterocycles. The maximum Gasteiger partial charge on any atom is 0.226 e. The van der Waals surface area contributed by atoms with Crippen LogP contribution in [0.2, 0.25) is 0 Å². The molecule has 0 radical (unpaired) electrons. The van der Waals surface area contributed by atoms with Gasteiger partial charge >= 0.3 is 0 Å². The van der Waals surface area contributed by atoms with Gasteiger partial charge < -0.3 is 14.8 Å². The summed E-state index contributed by atoms with van der Waals surface area (Å²) >= 11 is 0. The number of aromatic hydroxyl groups is 1. The molecular formula is C19H21NO3. The molecule has 2 aliphatic rings. The van der Waals surface area contributed by atoms with E-state index in [-0.39, 0.29) is 11.2 Å². The van der Waals surface area contributed by atoms with Gasteiger partial charge in [0.1, 0.15) is 12.0 Å². The van der Waals surface area contributed by atoms with Gasteiger partial charge in [-0.3, -0.25) is 4.79 Å². The molecule has 4 nitrogen and oxygen atoms in total. The molecule has 1 aromatic heterocycles. The van der Waals surface area contributed by atoms with Crippen molar-refractivity contribution in [2.24, 2.45) is 11.8 Å². The lowest BCUT2D eigenvalue weighted by Gasteiger charge is -2.23. The Morgan fingerprint density at radius 3 is 2.39 bits per heavy atom. The van der Waals surface area contributed by atoms with Crippen molar-refractivity contribution < 1.29 is 9.52 Å². The van der Waals surface area contributed by atoms with Crippen molar-refractivity contribution in [2.45, 2.75) is 38.3 Å². The van der Waals surface area contributed by atoms with Crippen LogP contribution in [0.1, 0.15) is 29.7 Å². The van der Waals surface area contributed by atoms with Crippen LogP contribution < -0.4 is 10.7 Å². The van der Waals surface area contributed by atoms with Crippen molar-refractivity contribution in [3.63, 3.8) is 0 Å². The van der Waals surface area contributed by atoms with Gasteiger partial charge in [0.25, 0.3) is 0 Å². The third-order valence-corrected chi connectivity index (χ3v) is 5.39. The summed E-state index contributed by atoms with van der Waals surface area (Å²) < 4.78 is 5.30. The van der Waals surface area contributed by atoms with Gasteiger partial charge in [-0.15, -0.1) is 0 Å². The average Bonchev–Trinajstić information content (AvgIpc) is 2.83. The second-order valence-electron chi connectivity index (χ2n) is 6.78. The highest BCUT2D eigenvalue weighted by molar-refractivity contribution is 5.31. The summed E-state index contributed by atoms with van der Waals surface area (Å²) in [5.74, 6) is 1.53. The Morgan fingerprint density at radius 1 is 1.13 bits per heavy atom. The van der Waals surface area contributed by atoms with Gasteiger partial charge in [0, 0.05) is 12.1 Å². The predicted molar refractivity (Wildman–Crippen MR) is 87.3 cm³/mol. The van der Waals surface area contributed by atoms with Crippen LogP contribution in [0.3, 0.4) is 0 Å². The Kier molecular flexibility index (Phi) is 3.69. The fraction of sp³-hybridized carbons (Fsp3) is 0.421. The standard InChI is InChI=1S/C19H21NO3/c21-17-9-16(23-11-18(17)22)10-20-19-14-5-6-15(19)8-13-4-2-1-3-12(13)7-14/h1-4,9,11,14-15,19-20,22H,5-8,10H2/t14-,15-/m0/s1. The largest absolute Gasteiger partial charge is 0.502 e. The summed E-state index contributed by atoms with van der Waals surface area (Å²) in [5, 5.41) is 12.9. The second-order valence-corrected chi connectivity index (χ2v) is 6.78. The monoisotopic (exact) mass is 311 g/mol. The van der Waals surface area contributed by atoms with Crippen LogP contribution in [0.5, 0.6) is 5.75 Å². The molecule has 120 valence electrons. The van der Waals surface area contributed by atoms with Crippen molar-refractivity contribution >= 4 is 0 Å². The van der Waals surface area contributed by atoms with Gasteiger partial charge in [0.15, 0.2) is 5.75 Å². The topological polar surface area (TPSA) is 62.5 Å². The Bertz CT molecular complexity index is 734. The Morgan fingerprint density at radius 2 is 1.78 bits per heavy atom. The SMILES string of the molecule is O=c1cc(CNC2[C@H]3CC[C@H]2Cc2ccccc2C3)occ1O. The van der Waals surface area contributed by atoms with Gasteiger partial charge in [-0.2, -0.15) is 0 Å². The molecule has 2 aliphatic carbocycles. The van der Waals surface area contributed by atoms with Crippen molar-refractivity contribution in [2.75, 3.05) is 0 Å². The molecule has 2 bridgehead atoms. The summed E-state index contributed by atoms with van der Waals surface area (Å²) in [6.07, 6.45) is 5.90. The minimum atomic E-state index is -0.385. The fourth-order valence-electron chi connectivity index (χ4n) is 4.24. The smallest absolute Gasteiger partial charge is 0.226 e. The van der Waals surface area contributed by atoms with E-state index >= 15 is 0 Å². The minimum Gasteiger partial charge on any atom is -0.502 e. The summed E-state index contributed by atoms with van der Waals surface area (Å²) in [7, 11) is 0. The predicted octanol–water partition coefficient (Wildman–Crippen LogP) is 2.63. The van der Waals surface area contributed by atoms with E-state index in [2.05, 4.69) is 29.6 Å². The normalized spacial score (nSPS) is 25.8. The first-order valence-corrected chi connectivity index (χ1v) is 8.31. The lowest BCUT2D eigenvalue weighted by atomic mass is 9.94. The number of benzene rings is 1. The molecule has 1 saturated carbocycles. The van der Waals surface area contributed by atoms with Crippen LogP contribution in [-0.2, 0) is 19.4 Å².